The number of aliphatic imine (C=N–C) groups is 1. The van der Waals surface area contributed by atoms with E-state index in [9.17, 15) is 0 Å². The quantitative estimate of drug-likeness (QED) is 0.546. The van der Waals surface area contributed by atoms with Gasteiger partial charge in [0, 0.05) is 45.0 Å². The van der Waals surface area contributed by atoms with Crippen molar-refractivity contribution in [1.82, 2.24) is 20.2 Å². The first-order valence-electron chi connectivity index (χ1n) is 9.86. The van der Waals surface area contributed by atoms with Gasteiger partial charge in [-0.1, -0.05) is 23.8 Å². The number of nitrogens with zero attached hydrogens (tertiary/aromatic N) is 5. The maximum atomic E-state index is 5.65. The number of aryl methyl sites for hydroxylation is 1. The molecule has 3 aromatic rings. The molecule has 3 heterocycles. The number of guanidine groups is 1. The van der Waals surface area contributed by atoms with Crippen molar-refractivity contribution in [3.63, 3.8) is 0 Å². The molecule has 1 fully saturated rings. The maximum absolute atomic E-state index is 5.65. The Morgan fingerprint density at radius 2 is 1.90 bits per heavy atom. The van der Waals surface area contributed by atoms with Crippen molar-refractivity contribution in [2.24, 2.45) is 4.99 Å². The highest BCUT2D eigenvalue weighted by Gasteiger charge is 2.20. The lowest BCUT2D eigenvalue weighted by Gasteiger charge is -2.37. The minimum absolute atomic E-state index is 0.572. The summed E-state index contributed by atoms with van der Waals surface area (Å²) in [5.41, 5.74) is 3.06. The maximum Gasteiger partial charge on any atom is 0.226 e. The molecule has 0 aliphatic carbocycles. The molecule has 0 spiro atoms. The Bertz CT molecular complexity index is 943. The van der Waals surface area contributed by atoms with E-state index in [-0.39, 0.29) is 0 Å². The molecule has 0 unspecified atom stereocenters. The minimum atomic E-state index is 0.572. The third kappa shape index (κ3) is 4.56. The van der Waals surface area contributed by atoms with Crippen molar-refractivity contribution in [2.75, 3.05) is 38.1 Å². The van der Waals surface area contributed by atoms with Crippen LogP contribution < -0.4 is 10.2 Å². The van der Waals surface area contributed by atoms with Crippen LogP contribution in [0.15, 0.2) is 64.3 Å². The van der Waals surface area contributed by atoms with Crippen LogP contribution in [-0.2, 0) is 6.54 Å². The lowest BCUT2D eigenvalue weighted by Crippen LogP contribution is -2.52. The predicted octanol–water partition coefficient (Wildman–Crippen LogP) is 2.94. The van der Waals surface area contributed by atoms with E-state index in [1.807, 2.05) is 37.5 Å². The second-order valence-corrected chi connectivity index (χ2v) is 7.07. The summed E-state index contributed by atoms with van der Waals surface area (Å²) in [6, 6.07) is 14.2. The summed E-state index contributed by atoms with van der Waals surface area (Å²) < 4.78 is 5.65. The second kappa shape index (κ2) is 8.77. The van der Waals surface area contributed by atoms with Crippen molar-refractivity contribution in [1.29, 1.82) is 0 Å². The Kier molecular flexibility index (Phi) is 5.74. The van der Waals surface area contributed by atoms with Crippen LogP contribution in [0, 0.1) is 6.92 Å². The molecule has 0 atom stereocenters. The summed E-state index contributed by atoms with van der Waals surface area (Å²) in [4.78, 5) is 18.0. The first-order valence-corrected chi connectivity index (χ1v) is 9.86. The number of piperazine rings is 1. The van der Waals surface area contributed by atoms with Gasteiger partial charge in [0.25, 0.3) is 0 Å². The van der Waals surface area contributed by atoms with E-state index >= 15 is 0 Å². The fourth-order valence-electron chi connectivity index (χ4n) is 3.41. The molecule has 1 saturated heterocycles. The molecule has 0 bridgehead atoms. The van der Waals surface area contributed by atoms with Crippen molar-refractivity contribution < 1.29 is 4.42 Å². The van der Waals surface area contributed by atoms with Gasteiger partial charge >= 0.3 is 0 Å². The molecule has 4 rings (SSSR count). The van der Waals surface area contributed by atoms with Gasteiger partial charge in [0.15, 0.2) is 5.96 Å². The van der Waals surface area contributed by atoms with Gasteiger partial charge in [-0.15, -0.1) is 0 Å². The van der Waals surface area contributed by atoms with Crippen LogP contribution in [0.5, 0.6) is 0 Å². The summed E-state index contributed by atoms with van der Waals surface area (Å²) in [6.07, 6.45) is 3.54. The van der Waals surface area contributed by atoms with Crippen LogP contribution in [0.3, 0.4) is 0 Å². The zero-order chi connectivity index (χ0) is 20.1. The van der Waals surface area contributed by atoms with E-state index in [1.165, 1.54) is 5.56 Å². The number of anilines is 1. The van der Waals surface area contributed by atoms with Crippen molar-refractivity contribution in [3.05, 3.63) is 66.2 Å². The number of hydrogen-bond acceptors (Lipinski definition) is 5. The van der Waals surface area contributed by atoms with Gasteiger partial charge < -0.3 is 19.5 Å². The van der Waals surface area contributed by atoms with E-state index in [0.29, 0.717) is 12.4 Å². The van der Waals surface area contributed by atoms with Gasteiger partial charge in [0.05, 0.1) is 12.2 Å². The van der Waals surface area contributed by atoms with Crippen molar-refractivity contribution in [2.45, 2.75) is 13.5 Å². The lowest BCUT2D eigenvalue weighted by molar-refractivity contribution is 0.371. The van der Waals surface area contributed by atoms with E-state index in [1.54, 1.807) is 6.26 Å². The second-order valence-electron chi connectivity index (χ2n) is 7.07. The zero-order valence-corrected chi connectivity index (χ0v) is 16.9. The molecule has 2 aromatic heterocycles. The fraction of sp³-hybridized carbons (Fsp3) is 0.318. The topological polar surface area (TPSA) is 69.8 Å². The number of rotatable bonds is 4. The summed E-state index contributed by atoms with van der Waals surface area (Å²) in [5.74, 6) is 2.55. The molecule has 0 radical (unpaired) electrons. The number of aromatic nitrogens is 2. The first kappa shape index (κ1) is 19.0. The molecule has 150 valence electrons. The number of oxazole rings is 1. The summed E-state index contributed by atoms with van der Waals surface area (Å²) in [6.45, 7) is 6.25. The monoisotopic (exact) mass is 390 g/mol. The van der Waals surface area contributed by atoms with Crippen LogP contribution in [0.4, 0.5) is 5.82 Å². The van der Waals surface area contributed by atoms with Crippen molar-refractivity contribution in [3.8, 4) is 11.5 Å². The van der Waals surface area contributed by atoms with E-state index in [0.717, 1.165) is 49.2 Å². The lowest BCUT2D eigenvalue weighted by atomic mass is 10.1. The molecule has 1 aromatic carbocycles. The van der Waals surface area contributed by atoms with E-state index < -0.39 is 0 Å². The smallest absolute Gasteiger partial charge is 0.226 e. The SMILES string of the molecule is CN=C(NCc1coc(-c2ccc(C)cc2)n1)N1CCN(c2ccccn2)CC1. The Hall–Kier alpha value is -3.35. The third-order valence-corrected chi connectivity index (χ3v) is 5.04. The van der Waals surface area contributed by atoms with Gasteiger partial charge in [-0.2, -0.15) is 0 Å². The molecular weight excluding hydrogens is 364 g/mol. The highest BCUT2D eigenvalue weighted by Crippen LogP contribution is 2.19. The molecule has 1 aliphatic heterocycles. The Morgan fingerprint density at radius 1 is 1.10 bits per heavy atom. The van der Waals surface area contributed by atoms with Gasteiger partial charge in [0.2, 0.25) is 5.89 Å². The molecule has 0 saturated carbocycles. The Labute approximate surface area is 171 Å². The third-order valence-electron chi connectivity index (χ3n) is 5.04. The normalized spacial score (nSPS) is 14.9. The molecule has 7 heteroatoms. The van der Waals surface area contributed by atoms with Gasteiger partial charge in [0.1, 0.15) is 12.1 Å². The van der Waals surface area contributed by atoms with E-state index in [4.69, 9.17) is 4.42 Å². The number of pyridine rings is 1. The molecule has 0 amide bonds. The standard InChI is InChI=1S/C22H26N6O/c1-17-6-8-18(9-7-17)21-26-19(16-29-21)15-25-22(23-2)28-13-11-27(12-14-28)20-5-3-4-10-24-20/h3-10,16H,11-15H2,1-2H3,(H,23,25). The summed E-state index contributed by atoms with van der Waals surface area (Å²) >= 11 is 0. The molecule has 1 aliphatic rings. The summed E-state index contributed by atoms with van der Waals surface area (Å²) in [7, 11) is 1.81. The average Bonchev–Trinajstić information content (AvgIpc) is 3.25. The van der Waals surface area contributed by atoms with Crippen LogP contribution in [0.1, 0.15) is 11.3 Å². The first-order chi connectivity index (χ1) is 14.2. The number of benzene rings is 1. The minimum Gasteiger partial charge on any atom is -0.444 e. The number of nitrogens with one attached hydrogen (secondary N) is 1. The van der Waals surface area contributed by atoms with E-state index in [2.05, 4.69) is 55.2 Å². The van der Waals surface area contributed by atoms with Crippen LogP contribution in [0.2, 0.25) is 0 Å². The average molecular weight is 390 g/mol. The van der Waals surface area contributed by atoms with Crippen LogP contribution >= 0.6 is 0 Å². The molecule has 7 nitrogen and oxygen atoms in total. The highest BCUT2D eigenvalue weighted by atomic mass is 16.3. The Morgan fingerprint density at radius 3 is 2.59 bits per heavy atom. The van der Waals surface area contributed by atoms with Crippen LogP contribution in [-0.4, -0.2) is 54.1 Å². The predicted molar refractivity (Wildman–Crippen MR) is 115 cm³/mol. The van der Waals surface area contributed by atoms with Crippen molar-refractivity contribution >= 4 is 11.8 Å². The molecule has 29 heavy (non-hydrogen) atoms. The Balaban J connectivity index is 1.32. The van der Waals surface area contributed by atoms with Gasteiger partial charge in [-0.3, -0.25) is 4.99 Å². The van der Waals surface area contributed by atoms with Gasteiger partial charge in [-0.05, 0) is 31.2 Å². The number of hydrogen-bond donors (Lipinski definition) is 1. The molecular formula is C22H26N6O. The molecule has 1 N–H and O–H groups in total. The summed E-state index contributed by atoms with van der Waals surface area (Å²) in [5, 5.41) is 3.40. The van der Waals surface area contributed by atoms with Gasteiger partial charge in [-0.25, -0.2) is 9.97 Å². The highest BCUT2D eigenvalue weighted by molar-refractivity contribution is 5.80. The fourth-order valence-corrected chi connectivity index (χ4v) is 3.41. The zero-order valence-electron chi connectivity index (χ0n) is 16.9. The largest absolute Gasteiger partial charge is 0.444 e. The van der Waals surface area contributed by atoms with Crippen LogP contribution in [0.25, 0.3) is 11.5 Å².